The Labute approximate surface area is 192 Å². The van der Waals surface area contributed by atoms with Gasteiger partial charge in [0.1, 0.15) is 11.3 Å². The van der Waals surface area contributed by atoms with Crippen molar-refractivity contribution in [3.05, 3.63) is 94.7 Å². The van der Waals surface area contributed by atoms with Crippen molar-refractivity contribution >= 4 is 34.1 Å². The number of amides is 1. The van der Waals surface area contributed by atoms with E-state index in [2.05, 4.69) is 5.32 Å². The minimum Gasteiger partial charge on any atom is -0.496 e. The number of furan rings is 1. The van der Waals surface area contributed by atoms with E-state index in [1.54, 1.807) is 19.4 Å². The topological polar surface area (TPSA) is 51.5 Å². The fraction of sp³-hybridized carbons (Fsp3) is 0.148. The minimum atomic E-state index is -0.156. The van der Waals surface area contributed by atoms with Crippen LogP contribution in [0.15, 0.2) is 77.4 Å². The second kappa shape index (κ2) is 9.33. The molecule has 3 aromatic carbocycles. The Balaban J connectivity index is 1.70. The smallest absolute Gasteiger partial charge is 0.244 e. The number of hydrogen-bond acceptors (Lipinski definition) is 3. The molecular formula is C27H24ClNO3. The Hall–Kier alpha value is -3.50. The molecule has 0 saturated carbocycles. The maximum absolute atomic E-state index is 12.6. The zero-order chi connectivity index (χ0) is 22.7. The van der Waals surface area contributed by atoms with Crippen LogP contribution in [0.2, 0.25) is 5.02 Å². The normalized spacial score (nSPS) is 11.6. The Morgan fingerprint density at radius 3 is 2.53 bits per heavy atom. The van der Waals surface area contributed by atoms with Crippen LogP contribution < -0.4 is 10.1 Å². The number of halogens is 1. The fourth-order valence-electron chi connectivity index (χ4n) is 3.84. The van der Waals surface area contributed by atoms with Crippen molar-refractivity contribution < 1.29 is 13.9 Å². The maximum Gasteiger partial charge on any atom is 0.244 e. The zero-order valence-corrected chi connectivity index (χ0v) is 19.0. The SMILES string of the molecule is COc1c(/C(C)=C/C(=O)NCc2ccccc2)cc2c(-c3ccc(Cl)cc3)coc2c1C. The predicted molar refractivity (Wildman–Crippen MR) is 130 cm³/mol. The van der Waals surface area contributed by atoms with Gasteiger partial charge < -0.3 is 14.5 Å². The van der Waals surface area contributed by atoms with Gasteiger partial charge in [-0.3, -0.25) is 4.79 Å². The van der Waals surface area contributed by atoms with Crippen LogP contribution in [0, 0.1) is 6.92 Å². The van der Waals surface area contributed by atoms with Gasteiger partial charge in [0.2, 0.25) is 5.91 Å². The molecule has 1 N–H and O–H groups in total. The highest BCUT2D eigenvalue weighted by Crippen LogP contribution is 2.40. The summed E-state index contributed by atoms with van der Waals surface area (Å²) >= 11 is 6.05. The molecule has 1 aromatic heterocycles. The van der Waals surface area contributed by atoms with Crippen LogP contribution in [0.3, 0.4) is 0 Å². The van der Waals surface area contributed by atoms with Crippen molar-refractivity contribution in [2.45, 2.75) is 20.4 Å². The molecule has 1 heterocycles. The average Bonchev–Trinajstić information content (AvgIpc) is 3.23. The number of hydrogen-bond donors (Lipinski definition) is 1. The van der Waals surface area contributed by atoms with Crippen LogP contribution in [0.4, 0.5) is 0 Å². The van der Waals surface area contributed by atoms with E-state index >= 15 is 0 Å². The molecule has 0 aliphatic carbocycles. The zero-order valence-electron chi connectivity index (χ0n) is 18.2. The standard InChI is InChI=1S/C27H24ClNO3/c1-17(13-25(30)29-15-19-7-5-4-6-8-19)22-14-23-24(20-9-11-21(28)12-10-20)16-32-27(23)18(2)26(22)31-3/h4-14,16H,15H2,1-3H3,(H,29,30)/b17-13+. The van der Waals surface area contributed by atoms with Gasteiger partial charge in [-0.05, 0) is 48.7 Å². The molecule has 0 atom stereocenters. The summed E-state index contributed by atoms with van der Waals surface area (Å²) in [5, 5.41) is 4.58. The lowest BCUT2D eigenvalue weighted by molar-refractivity contribution is -0.116. The van der Waals surface area contributed by atoms with E-state index in [-0.39, 0.29) is 5.91 Å². The molecule has 0 saturated heterocycles. The van der Waals surface area contributed by atoms with Crippen LogP contribution in [0.25, 0.3) is 27.7 Å². The van der Waals surface area contributed by atoms with Gasteiger partial charge >= 0.3 is 0 Å². The number of methoxy groups -OCH3 is 1. The number of carbonyl (C=O) groups excluding carboxylic acids is 1. The van der Waals surface area contributed by atoms with Crippen LogP contribution in [0.1, 0.15) is 23.6 Å². The van der Waals surface area contributed by atoms with Crippen LogP contribution >= 0.6 is 11.6 Å². The predicted octanol–water partition coefficient (Wildman–Crippen LogP) is 6.79. The summed E-state index contributed by atoms with van der Waals surface area (Å²) < 4.78 is 11.6. The summed E-state index contributed by atoms with van der Waals surface area (Å²) in [5.41, 5.74) is 6.32. The summed E-state index contributed by atoms with van der Waals surface area (Å²) in [6.45, 7) is 4.34. The van der Waals surface area contributed by atoms with Crippen molar-refractivity contribution in [1.82, 2.24) is 5.32 Å². The first kappa shape index (κ1) is 21.7. The number of ether oxygens (including phenoxy) is 1. The number of carbonyl (C=O) groups is 1. The summed E-state index contributed by atoms with van der Waals surface area (Å²) in [6, 6.07) is 19.5. The van der Waals surface area contributed by atoms with Crippen molar-refractivity contribution in [1.29, 1.82) is 0 Å². The molecule has 0 aliphatic rings. The summed E-state index contributed by atoms with van der Waals surface area (Å²) in [4.78, 5) is 12.6. The van der Waals surface area contributed by atoms with Crippen LogP contribution in [-0.2, 0) is 11.3 Å². The highest BCUT2D eigenvalue weighted by atomic mass is 35.5. The number of fused-ring (bicyclic) bond motifs is 1. The number of nitrogens with one attached hydrogen (secondary N) is 1. The van der Waals surface area contributed by atoms with Crippen molar-refractivity contribution in [2.24, 2.45) is 0 Å². The Morgan fingerprint density at radius 1 is 1.12 bits per heavy atom. The largest absolute Gasteiger partial charge is 0.496 e. The lowest BCUT2D eigenvalue weighted by Gasteiger charge is -2.13. The third-order valence-electron chi connectivity index (χ3n) is 5.49. The van der Waals surface area contributed by atoms with Gasteiger partial charge in [0.15, 0.2) is 0 Å². The number of rotatable bonds is 6. The van der Waals surface area contributed by atoms with E-state index in [0.29, 0.717) is 17.3 Å². The molecule has 5 heteroatoms. The molecule has 1 amide bonds. The van der Waals surface area contributed by atoms with Gasteiger partial charge in [-0.1, -0.05) is 54.1 Å². The molecule has 0 fully saturated rings. The Bertz CT molecular complexity index is 1290. The maximum atomic E-state index is 12.6. The van der Waals surface area contributed by atoms with E-state index < -0.39 is 0 Å². The molecule has 0 spiro atoms. The molecule has 4 aromatic rings. The van der Waals surface area contributed by atoms with E-state index in [1.807, 2.05) is 74.5 Å². The summed E-state index contributed by atoms with van der Waals surface area (Å²) in [5.74, 6) is 0.537. The van der Waals surface area contributed by atoms with Crippen molar-refractivity contribution in [3.63, 3.8) is 0 Å². The third-order valence-corrected chi connectivity index (χ3v) is 5.74. The van der Waals surface area contributed by atoms with E-state index in [9.17, 15) is 4.79 Å². The quantitative estimate of drug-likeness (QED) is 0.332. The summed E-state index contributed by atoms with van der Waals surface area (Å²) in [7, 11) is 1.63. The second-order valence-electron chi connectivity index (χ2n) is 7.65. The molecule has 162 valence electrons. The number of benzene rings is 3. The monoisotopic (exact) mass is 445 g/mol. The van der Waals surface area contributed by atoms with E-state index in [0.717, 1.165) is 44.4 Å². The van der Waals surface area contributed by atoms with Crippen LogP contribution in [0.5, 0.6) is 5.75 Å². The average molecular weight is 446 g/mol. The highest BCUT2D eigenvalue weighted by molar-refractivity contribution is 6.30. The van der Waals surface area contributed by atoms with Crippen molar-refractivity contribution in [3.8, 4) is 16.9 Å². The Kier molecular flexibility index (Phi) is 6.33. The molecule has 4 nitrogen and oxygen atoms in total. The molecule has 0 radical (unpaired) electrons. The second-order valence-corrected chi connectivity index (χ2v) is 8.08. The van der Waals surface area contributed by atoms with Gasteiger partial charge in [-0.2, -0.15) is 0 Å². The molecule has 32 heavy (non-hydrogen) atoms. The highest BCUT2D eigenvalue weighted by Gasteiger charge is 2.18. The Morgan fingerprint density at radius 2 is 1.84 bits per heavy atom. The van der Waals surface area contributed by atoms with E-state index in [4.69, 9.17) is 20.8 Å². The fourth-order valence-corrected chi connectivity index (χ4v) is 3.96. The molecule has 4 rings (SSSR count). The van der Waals surface area contributed by atoms with Gasteiger partial charge in [-0.15, -0.1) is 0 Å². The molecular weight excluding hydrogens is 422 g/mol. The number of allylic oxidation sites excluding steroid dienone is 1. The first-order valence-electron chi connectivity index (χ1n) is 10.3. The van der Waals surface area contributed by atoms with Crippen molar-refractivity contribution in [2.75, 3.05) is 7.11 Å². The lowest BCUT2D eigenvalue weighted by atomic mass is 9.96. The molecule has 0 unspecified atom stereocenters. The molecule has 0 bridgehead atoms. The number of aryl methyl sites for hydroxylation is 1. The van der Waals surface area contributed by atoms with E-state index in [1.165, 1.54) is 0 Å². The van der Waals surface area contributed by atoms with Gasteiger partial charge in [0, 0.05) is 39.7 Å². The minimum absolute atomic E-state index is 0.156. The lowest BCUT2D eigenvalue weighted by Crippen LogP contribution is -2.20. The summed E-state index contributed by atoms with van der Waals surface area (Å²) in [6.07, 6.45) is 3.35. The first-order chi connectivity index (χ1) is 15.5. The molecule has 0 aliphatic heterocycles. The van der Waals surface area contributed by atoms with Gasteiger partial charge in [0.05, 0.1) is 13.4 Å². The van der Waals surface area contributed by atoms with Gasteiger partial charge in [-0.25, -0.2) is 0 Å². The van der Waals surface area contributed by atoms with Crippen LogP contribution in [-0.4, -0.2) is 13.0 Å². The first-order valence-corrected chi connectivity index (χ1v) is 10.7. The third kappa shape index (κ3) is 4.41. The van der Waals surface area contributed by atoms with Gasteiger partial charge in [0.25, 0.3) is 0 Å².